The molecule has 6 rings (SSSR count). The summed E-state index contributed by atoms with van der Waals surface area (Å²) in [5.41, 5.74) is 10.00. The van der Waals surface area contributed by atoms with E-state index in [0.717, 1.165) is 11.1 Å². The summed E-state index contributed by atoms with van der Waals surface area (Å²) in [5.74, 6) is 7.12. The highest BCUT2D eigenvalue weighted by atomic mass is 16.1. The van der Waals surface area contributed by atoms with Crippen molar-refractivity contribution in [2.45, 2.75) is 19.5 Å². The van der Waals surface area contributed by atoms with Crippen LogP contribution in [0.3, 0.4) is 0 Å². The minimum atomic E-state index is -0.324. The van der Waals surface area contributed by atoms with Crippen molar-refractivity contribution < 1.29 is 0 Å². The molecule has 11 heteroatoms. The Hall–Kier alpha value is -5.34. The first-order valence-corrected chi connectivity index (χ1v) is 12.3. The fourth-order valence-corrected chi connectivity index (χ4v) is 4.50. The van der Waals surface area contributed by atoms with Gasteiger partial charge in [-0.15, -0.1) is 10.2 Å². The number of nitrogens with zero attached hydrogens (tertiary/aromatic N) is 8. The van der Waals surface area contributed by atoms with Gasteiger partial charge in [0.25, 0.3) is 5.56 Å². The van der Waals surface area contributed by atoms with E-state index in [-0.39, 0.29) is 11.6 Å². The number of nitrogen functional groups attached to an aromatic ring is 1. The maximum absolute atomic E-state index is 14.1. The zero-order valence-corrected chi connectivity index (χ0v) is 21.3. The smallest absolute Gasteiger partial charge is 0.267 e. The predicted molar refractivity (Wildman–Crippen MR) is 147 cm³/mol. The fourth-order valence-electron chi connectivity index (χ4n) is 4.50. The maximum atomic E-state index is 14.1. The van der Waals surface area contributed by atoms with E-state index in [1.807, 2.05) is 74.8 Å². The second-order valence-corrected chi connectivity index (χ2v) is 9.04. The molecule has 4 heterocycles. The quantitative estimate of drug-likeness (QED) is 0.334. The highest BCUT2D eigenvalue weighted by molar-refractivity contribution is 5.85. The average molecular weight is 517 g/mol. The molecule has 4 aromatic heterocycles. The Kier molecular flexibility index (Phi) is 6.07. The lowest BCUT2D eigenvalue weighted by molar-refractivity contribution is 0.534. The standard InChI is InChI=1S/C28H24N10O/c1-18(30-15-22-24-16-31-32-17-37(24)35-26(22)29)27-33-23-10-6-7-19(11-12-20-13-14-36(2)34-20)25(23)28(39)38(27)21-8-4-3-5-9-21/h3-10,13-14,16-18,30H,15H2,1-2H3,(H2,29,35)/t18-/m0/s1. The molecule has 39 heavy (non-hydrogen) atoms. The number of para-hydroxylation sites is 1. The predicted octanol–water partition coefficient (Wildman–Crippen LogP) is 2.39. The number of fused-ring (bicyclic) bond motifs is 2. The van der Waals surface area contributed by atoms with E-state index in [2.05, 4.69) is 37.6 Å². The number of rotatable bonds is 5. The maximum Gasteiger partial charge on any atom is 0.267 e. The molecule has 0 radical (unpaired) electrons. The van der Waals surface area contributed by atoms with Crippen LogP contribution in [0.1, 0.15) is 35.6 Å². The molecule has 0 amide bonds. The van der Waals surface area contributed by atoms with Gasteiger partial charge in [-0.05, 0) is 43.2 Å². The Bertz CT molecular complexity index is 1940. The van der Waals surface area contributed by atoms with Gasteiger partial charge in [-0.2, -0.15) is 10.2 Å². The molecule has 0 aliphatic heterocycles. The number of hydrogen-bond donors (Lipinski definition) is 2. The van der Waals surface area contributed by atoms with Crippen LogP contribution < -0.4 is 16.6 Å². The van der Waals surface area contributed by atoms with Crippen LogP contribution in [0.4, 0.5) is 5.82 Å². The first-order valence-electron chi connectivity index (χ1n) is 12.3. The molecule has 2 aromatic carbocycles. The van der Waals surface area contributed by atoms with E-state index in [1.54, 1.807) is 20.0 Å². The van der Waals surface area contributed by atoms with Gasteiger partial charge in [0.05, 0.1) is 34.3 Å². The number of nitrogens with two attached hydrogens (primary N) is 1. The Labute approximate surface area is 222 Å². The largest absolute Gasteiger partial charge is 0.382 e. The average Bonchev–Trinajstić information content (AvgIpc) is 3.52. The summed E-state index contributed by atoms with van der Waals surface area (Å²) >= 11 is 0. The van der Waals surface area contributed by atoms with Gasteiger partial charge in [0, 0.05) is 30.9 Å². The van der Waals surface area contributed by atoms with E-state index < -0.39 is 0 Å². The number of anilines is 1. The van der Waals surface area contributed by atoms with Gasteiger partial charge >= 0.3 is 0 Å². The van der Waals surface area contributed by atoms with Crippen LogP contribution in [-0.2, 0) is 13.6 Å². The van der Waals surface area contributed by atoms with Crippen LogP contribution in [0.15, 0.2) is 78.1 Å². The number of aryl methyl sites for hydroxylation is 1. The first-order chi connectivity index (χ1) is 19.0. The van der Waals surface area contributed by atoms with E-state index in [1.165, 1.54) is 6.33 Å². The fraction of sp³-hybridized carbons (Fsp3) is 0.143. The van der Waals surface area contributed by atoms with Crippen LogP contribution in [0.5, 0.6) is 0 Å². The van der Waals surface area contributed by atoms with Crippen LogP contribution >= 0.6 is 0 Å². The van der Waals surface area contributed by atoms with Crippen LogP contribution in [0.25, 0.3) is 22.1 Å². The highest BCUT2D eigenvalue weighted by Gasteiger charge is 2.20. The van der Waals surface area contributed by atoms with Crippen LogP contribution in [0, 0.1) is 11.8 Å². The molecule has 0 bridgehead atoms. The van der Waals surface area contributed by atoms with Gasteiger partial charge in [0.2, 0.25) is 0 Å². The van der Waals surface area contributed by atoms with E-state index in [4.69, 9.17) is 10.7 Å². The third kappa shape index (κ3) is 4.49. The molecular weight excluding hydrogens is 492 g/mol. The van der Waals surface area contributed by atoms with E-state index >= 15 is 0 Å². The Morgan fingerprint density at radius 2 is 1.87 bits per heavy atom. The second-order valence-electron chi connectivity index (χ2n) is 9.04. The first kappa shape index (κ1) is 24.0. The normalized spacial score (nSPS) is 11.9. The zero-order chi connectivity index (χ0) is 26.9. The molecule has 0 unspecified atom stereocenters. The summed E-state index contributed by atoms with van der Waals surface area (Å²) in [6, 6.07) is 16.5. The summed E-state index contributed by atoms with van der Waals surface area (Å²) in [6.07, 6.45) is 4.95. The van der Waals surface area contributed by atoms with Crippen LogP contribution in [0.2, 0.25) is 0 Å². The number of nitrogens with one attached hydrogen (secondary N) is 1. The SMILES string of the molecule is C[C@H](NCc1c(N)nn2cnncc12)c1nc2cccc(C#Cc3ccn(C)n3)c2c(=O)n1-c1ccccc1. The second kappa shape index (κ2) is 9.85. The number of aromatic nitrogens is 8. The number of hydrogen-bond acceptors (Lipinski definition) is 8. The molecule has 0 saturated carbocycles. The summed E-state index contributed by atoms with van der Waals surface area (Å²) in [5, 5.41) is 20.3. The summed E-state index contributed by atoms with van der Waals surface area (Å²) in [6.45, 7) is 2.35. The number of benzene rings is 2. The minimum absolute atomic E-state index is 0.202. The van der Waals surface area contributed by atoms with Gasteiger partial charge < -0.3 is 11.1 Å². The summed E-state index contributed by atoms with van der Waals surface area (Å²) < 4.78 is 4.91. The van der Waals surface area contributed by atoms with Gasteiger partial charge in [0.15, 0.2) is 5.82 Å². The summed E-state index contributed by atoms with van der Waals surface area (Å²) in [4.78, 5) is 19.1. The third-order valence-electron chi connectivity index (χ3n) is 6.44. The van der Waals surface area contributed by atoms with Crippen molar-refractivity contribution in [2.24, 2.45) is 7.05 Å². The monoisotopic (exact) mass is 516 g/mol. The Balaban J connectivity index is 1.45. The Morgan fingerprint density at radius 3 is 2.67 bits per heavy atom. The molecule has 192 valence electrons. The molecule has 1 atom stereocenters. The van der Waals surface area contributed by atoms with Gasteiger partial charge in [0.1, 0.15) is 17.8 Å². The van der Waals surface area contributed by atoms with Gasteiger partial charge in [-0.3, -0.25) is 14.0 Å². The summed E-state index contributed by atoms with van der Waals surface area (Å²) in [7, 11) is 1.83. The van der Waals surface area contributed by atoms with E-state index in [9.17, 15) is 4.79 Å². The Morgan fingerprint density at radius 1 is 1.03 bits per heavy atom. The molecule has 0 saturated heterocycles. The lowest BCUT2D eigenvalue weighted by atomic mass is 10.1. The van der Waals surface area contributed by atoms with Crippen molar-refractivity contribution in [1.29, 1.82) is 0 Å². The molecule has 0 fully saturated rings. The van der Waals surface area contributed by atoms with E-state index in [0.29, 0.717) is 46.0 Å². The van der Waals surface area contributed by atoms with Gasteiger partial charge in [-0.1, -0.05) is 30.2 Å². The van der Waals surface area contributed by atoms with Crippen molar-refractivity contribution >= 4 is 22.2 Å². The van der Waals surface area contributed by atoms with Crippen molar-refractivity contribution in [3.8, 4) is 17.5 Å². The third-order valence-corrected chi connectivity index (χ3v) is 6.44. The molecule has 0 spiro atoms. The van der Waals surface area contributed by atoms with Gasteiger partial charge in [-0.25, -0.2) is 9.50 Å². The molecule has 6 aromatic rings. The molecule has 3 N–H and O–H groups in total. The topological polar surface area (TPSA) is 134 Å². The molecule has 0 aliphatic rings. The lowest BCUT2D eigenvalue weighted by Gasteiger charge is -2.20. The van der Waals surface area contributed by atoms with Crippen molar-refractivity contribution in [2.75, 3.05) is 5.73 Å². The lowest BCUT2D eigenvalue weighted by Crippen LogP contribution is -2.30. The molecular formula is C28H24N10O. The highest BCUT2D eigenvalue weighted by Crippen LogP contribution is 2.22. The molecule has 11 nitrogen and oxygen atoms in total. The van der Waals surface area contributed by atoms with Crippen molar-refractivity contribution in [1.82, 2.24) is 44.5 Å². The molecule has 0 aliphatic carbocycles. The van der Waals surface area contributed by atoms with Crippen LogP contribution in [-0.4, -0.2) is 39.1 Å². The van der Waals surface area contributed by atoms with Crippen molar-refractivity contribution in [3.05, 3.63) is 106 Å². The minimum Gasteiger partial charge on any atom is -0.382 e. The zero-order valence-electron chi connectivity index (χ0n) is 21.3. The van der Waals surface area contributed by atoms with Crippen molar-refractivity contribution in [3.63, 3.8) is 0 Å².